The second kappa shape index (κ2) is 33.5. The fraction of sp³-hybridized carbons (Fsp3) is 0.543. The van der Waals surface area contributed by atoms with E-state index in [4.69, 9.17) is 9.47 Å². The zero-order valence-corrected chi connectivity index (χ0v) is 78.6. The Morgan fingerprint density at radius 1 is 0.319 bits per heavy atom. The SMILES string of the molecule is CCCCCCCC[Si](C)(C)c1cc(C)c(OCCCOc2c(C)cc([Si](C)(C)CCCCCCCC)cc2-c2cc(C(C)(C)CC(C)(C)C)cc(-n3c4cc(C(C)(C)C)ccc4c4ccc(C(C)(C)C)cc43)c2O)c(-c2cc(C(C)(C)CC(C)(C)C)cc(-n3c4cc(C(C)(C)C)ccc4c4ccc(C(C)(C)C)cc43)c2O)c1. The van der Waals surface area contributed by atoms with Crippen molar-refractivity contribution < 1.29 is 19.7 Å². The Balaban J connectivity index is 1.15. The summed E-state index contributed by atoms with van der Waals surface area (Å²) in [6.07, 6.45) is 17.6. The number of unbranched alkanes of at least 4 members (excludes halogenated alkanes) is 10. The maximum absolute atomic E-state index is 14.0. The minimum Gasteiger partial charge on any atom is -0.505 e. The van der Waals surface area contributed by atoms with E-state index in [2.05, 4.69) is 337 Å². The van der Waals surface area contributed by atoms with Gasteiger partial charge in [-0.25, -0.2) is 0 Å². The standard InChI is InChI=1S/C105H150N2O4Si2/c1-31-33-35-37-39-41-54-112(27,28)78-56-70(3)96(86(66-78)84-58-76(104(23,24)68-98(5,6)7)64-92(94(84)108)106-88-60-72(100(11,12)13)44-48-80(88)81-49-45-73(61-89(81)106)101(14,15)16)110-52-43-53-111-97-71(4)57-79(113(29,30)55-42-40-38-36-34-32-2)67-87(97)85-59-77(105(25,26)69-99(8,9)10)65-93(95(85)109)107-90-62-74(102(17,18)19)46-50-82(90)83-51-47-75(63-91(83)107)103(20,21)22/h44-51,56-67,108-109H,31-43,52-55,68-69H2,1-30H3. The van der Waals surface area contributed by atoms with E-state index in [1.54, 1.807) is 0 Å². The van der Waals surface area contributed by atoms with E-state index in [0.29, 0.717) is 19.6 Å². The highest BCUT2D eigenvalue weighted by Crippen LogP contribution is 2.52. The zero-order valence-electron chi connectivity index (χ0n) is 76.6. The Hall–Kier alpha value is -7.01. The van der Waals surface area contributed by atoms with Crippen molar-refractivity contribution in [1.29, 1.82) is 0 Å². The van der Waals surface area contributed by atoms with Gasteiger partial charge in [0.25, 0.3) is 0 Å². The summed E-state index contributed by atoms with van der Waals surface area (Å²) in [6, 6.07) is 49.5. The summed E-state index contributed by atoms with van der Waals surface area (Å²) in [6.45, 7) is 71.4. The number of ether oxygens (including phenoxy) is 2. The fourth-order valence-electron chi connectivity index (χ4n) is 18.6. The molecule has 0 spiro atoms. The smallest absolute Gasteiger partial charge is 0.147 e. The van der Waals surface area contributed by atoms with Crippen LogP contribution in [0.25, 0.3) is 77.2 Å². The van der Waals surface area contributed by atoms with Crippen molar-refractivity contribution in [3.63, 3.8) is 0 Å². The van der Waals surface area contributed by atoms with E-state index in [1.165, 1.54) is 154 Å². The monoisotopic (exact) mass is 1560 g/mol. The quantitative estimate of drug-likeness (QED) is 0.0348. The van der Waals surface area contributed by atoms with Gasteiger partial charge in [-0.1, -0.05) is 365 Å². The molecule has 0 aliphatic carbocycles. The van der Waals surface area contributed by atoms with E-state index in [0.717, 1.165) is 91.2 Å². The van der Waals surface area contributed by atoms with E-state index < -0.39 is 16.1 Å². The molecule has 612 valence electrons. The third kappa shape index (κ3) is 20.2. The molecule has 2 N–H and O–H groups in total. The minimum absolute atomic E-state index is 0.0149. The zero-order chi connectivity index (χ0) is 83.3. The number of hydrogen-bond acceptors (Lipinski definition) is 4. The predicted octanol–water partition coefficient (Wildman–Crippen LogP) is 30.3. The number of fused-ring (bicyclic) bond motifs is 6. The summed E-state index contributed by atoms with van der Waals surface area (Å²) in [5.41, 5.74) is 17.9. The molecule has 0 saturated heterocycles. The first kappa shape index (κ1) is 88.4. The lowest BCUT2D eigenvalue weighted by molar-refractivity contribution is 0.247. The first-order chi connectivity index (χ1) is 52.4. The molecule has 6 nitrogen and oxygen atoms in total. The van der Waals surface area contributed by atoms with Gasteiger partial charge in [0.1, 0.15) is 23.0 Å². The van der Waals surface area contributed by atoms with Gasteiger partial charge in [0.15, 0.2) is 0 Å². The molecule has 0 amide bonds. The molecule has 0 fully saturated rings. The molecule has 0 atom stereocenters. The molecule has 0 aliphatic heterocycles. The largest absolute Gasteiger partial charge is 0.505 e. The van der Waals surface area contributed by atoms with Gasteiger partial charge in [0.2, 0.25) is 0 Å². The summed E-state index contributed by atoms with van der Waals surface area (Å²) in [4.78, 5) is 0. The Morgan fingerprint density at radius 3 is 0.876 bits per heavy atom. The summed E-state index contributed by atoms with van der Waals surface area (Å²) in [5, 5.41) is 35.4. The molecule has 2 aromatic heterocycles. The van der Waals surface area contributed by atoms with Crippen LogP contribution < -0.4 is 19.8 Å². The molecule has 8 aromatic carbocycles. The molecule has 0 radical (unpaired) electrons. The molecule has 0 saturated carbocycles. The van der Waals surface area contributed by atoms with Crippen LogP contribution in [0.5, 0.6) is 23.0 Å². The number of aromatic hydroxyl groups is 2. The Kier molecular flexibility index (Phi) is 26.2. The first-order valence-corrected chi connectivity index (χ1v) is 50.3. The lowest BCUT2D eigenvalue weighted by atomic mass is 9.71. The van der Waals surface area contributed by atoms with Crippen LogP contribution in [0.15, 0.2) is 121 Å². The molecule has 0 aliphatic rings. The normalized spacial score (nSPS) is 13.4. The van der Waals surface area contributed by atoms with Crippen LogP contribution in [0.4, 0.5) is 0 Å². The van der Waals surface area contributed by atoms with Gasteiger partial charge in [-0.3, -0.25) is 0 Å². The van der Waals surface area contributed by atoms with Crippen LogP contribution in [-0.4, -0.2) is 48.7 Å². The van der Waals surface area contributed by atoms with Crippen LogP contribution in [0.3, 0.4) is 0 Å². The fourth-order valence-corrected chi connectivity index (χ4v) is 23.7. The average molecular weight is 1560 g/mol. The van der Waals surface area contributed by atoms with Crippen molar-refractivity contribution in [1.82, 2.24) is 9.13 Å². The lowest BCUT2D eigenvalue weighted by Gasteiger charge is -2.34. The van der Waals surface area contributed by atoms with Gasteiger partial charge < -0.3 is 28.8 Å². The molecular weight excluding hydrogens is 1410 g/mol. The van der Waals surface area contributed by atoms with Gasteiger partial charge in [-0.05, 0) is 163 Å². The van der Waals surface area contributed by atoms with E-state index in [9.17, 15) is 10.2 Å². The van der Waals surface area contributed by atoms with Crippen molar-refractivity contribution in [2.45, 2.75) is 347 Å². The third-order valence-corrected chi connectivity index (χ3v) is 31.9. The number of hydrogen-bond donors (Lipinski definition) is 2. The molecule has 113 heavy (non-hydrogen) atoms. The summed E-state index contributed by atoms with van der Waals surface area (Å²) >= 11 is 0. The second-order valence-corrected chi connectivity index (χ2v) is 53.5. The van der Waals surface area contributed by atoms with Crippen LogP contribution in [0, 0.1) is 24.7 Å². The number of aryl methyl sites for hydroxylation is 2. The molecular formula is C105H150N2O4Si2. The lowest BCUT2D eigenvalue weighted by Crippen LogP contribution is -2.41. The first-order valence-electron chi connectivity index (χ1n) is 43.9. The van der Waals surface area contributed by atoms with Gasteiger partial charge >= 0.3 is 0 Å². The molecule has 2 heterocycles. The second-order valence-electron chi connectivity index (χ2n) is 43.8. The summed E-state index contributed by atoms with van der Waals surface area (Å²) in [5.74, 6) is 2.12. The number of phenolic OH excluding ortho intramolecular Hbond substituents is 2. The minimum atomic E-state index is -2.07. The van der Waals surface area contributed by atoms with Crippen LogP contribution >= 0.6 is 0 Å². The summed E-state index contributed by atoms with van der Waals surface area (Å²) in [7, 11) is -4.15. The van der Waals surface area contributed by atoms with Gasteiger partial charge in [0.05, 0.1) is 62.8 Å². The highest BCUT2D eigenvalue weighted by molar-refractivity contribution is 6.90. The van der Waals surface area contributed by atoms with E-state index >= 15 is 0 Å². The Morgan fingerprint density at radius 2 is 0.602 bits per heavy atom. The predicted molar refractivity (Wildman–Crippen MR) is 500 cm³/mol. The van der Waals surface area contributed by atoms with Crippen LogP contribution in [0.2, 0.25) is 38.3 Å². The maximum Gasteiger partial charge on any atom is 0.147 e. The highest BCUT2D eigenvalue weighted by atomic mass is 28.3. The average Bonchev–Trinajstić information content (AvgIpc) is 1.58. The van der Waals surface area contributed by atoms with Gasteiger partial charge in [-0.15, -0.1) is 0 Å². The molecule has 10 aromatic rings. The van der Waals surface area contributed by atoms with E-state index in [-0.39, 0.29) is 54.8 Å². The topological polar surface area (TPSA) is 68.8 Å². The van der Waals surface area contributed by atoms with Crippen LogP contribution in [0.1, 0.15) is 307 Å². The number of benzene rings is 8. The van der Waals surface area contributed by atoms with Crippen molar-refractivity contribution in [2.24, 2.45) is 10.8 Å². The van der Waals surface area contributed by atoms with Crippen molar-refractivity contribution in [3.05, 3.63) is 166 Å². The number of rotatable bonds is 30. The van der Waals surface area contributed by atoms with Gasteiger partial charge in [-0.2, -0.15) is 0 Å². The van der Waals surface area contributed by atoms with Gasteiger partial charge in [0, 0.05) is 50.2 Å². The van der Waals surface area contributed by atoms with Crippen molar-refractivity contribution >= 4 is 70.1 Å². The molecule has 0 unspecified atom stereocenters. The van der Waals surface area contributed by atoms with E-state index in [1.807, 2.05) is 0 Å². The molecule has 0 bridgehead atoms. The highest BCUT2D eigenvalue weighted by Gasteiger charge is 2.37. The summed E-state index contributed by atoms with van der Waals surface area (Å²) < 4.78 is 19.7. The maximum atomic E-state index is 14.0. The number of phenols is 2. The van der Waals surface area contributed by atoms with Crippen molar-refractivity contribution in [3.8, 4) is 56.6 Å². The molecule has 10 rings (SSSR count). The molecule has 8 heteroatoms. The van der Waals surface area contributed by atoms with Crippen LogP contribution in [-0.2, 0) is 32.5 Å². The Labute approximate surface area is 688 Å². The van der Waals surface area contributed by atoms with Crippen molar-refractivity contribution in [2.75, 3.05) is 13.2 Å². The Bertz CT molecular complexity index is 4580. The number of nitrogens with zero attached hydrogens (tertiary/aromatic N) is 2. The third-order valence-electron chi connectivity index (χ3n) is 25.0. The number of aromatic nitrogens is 2.